The number of hydrogen-bond acceptors (Lipinski definition) is 3. The molecule has 4 atom stereocenters. The fraction of sp³-hybridized carbons (Fsp3) is 0.727. The van der Waals surface area contributed by atoms with Crippen LogP contribution in [0.25, 0.3) is 0 Å². The number of aliphatic hydroxyl groups is 1. The van der Waals surface area contributed by atoms with Crippen molar-refractivity contribution in [2.45, 2.75) is 78.7 Å². The number of fused-ring (bicyclic) bond motifs is 1. The zero-order valence-corrected chi connectivity index (χ0v) is 16.4. The highest BCUT2D eigenvalue weighted by molar-refractivity contribution is 5.46. The van der Waals surface area contributed by atoms with Gasteiger partial charge in [-0.25, -0.2) is 0 Å². The van der Waals surface area contributed by atoms with Crippen molar-refractivity contribution in [1.29, 1.82) is 0 Å². The van der Waals surface area contributed by atoms with Crippen molar-refractivity contribution in [2.24, 2.45) is 22.7 Å². The lowest BCUT2D eigenvalue weighted by Gasteiger charge is -2.61. The minimum atomic E-state index is -0.775. The molecule has 2 saturated carbocycles. The Balaban J connectivity index is 2.03. The number of aryl methyl sites for hydroxylation is 1. The van der Waals surface area contributed by atoms with E-state index in [0.717, 1.165) is 24.8 Å². The molecule has 2 aliphatic carbocycles. The molecule has 3 N–H and O–H groups in total. The molecule has 0 unspecified atom stereocenters. The molecule has 2 aliphatic rings. The number of aromatic hydroxyl groups is 2. The van der Waals surface area contributed by atoms with Crippen LogP contribution in [0.1, 0.15) is 70.9 Å². The molecular formula is C22H34O3. The van der Waals surface area contributed by atoms with Crippen molar-refractivity contribution < 1.29 is 15.3 Å². The first kappa shape index (κ1) is 18.6. The van der Waals surface area contributed by atoms with E-state index in [0.29, 0.717) is 17.9 Å². The number of phenols is 2. The molecule has 0 spiro atoms. The molecule has 0 radical (unpaired) electrons. The van der Waals surface area contributed by atoms with Gasteiger partial charge in [0.25, 0.3) is 0 Å². The van der Waals surface area contributed by atoms with Crippen LogP contribution in [0.15, 0.2) is 12.1 Å². The van der Waals surface area contributed by atoms with Crippen molar-refractivity contribution >= 4 is 0 Å². The second-order valence-corrected chi connectivity index (χ2v) is 9.83. The molecule has 0 bridgehead atoms. The van der Waals surface area contributed by atoms with Gasteiger partial charge in [-0.2, -0.15) is 0 Å². The van der Waals surface area contributed by atoms with Crippen molar-refractivity contribution in [3.8, 4) is 11.5 Å². The molecule has 1 aromatic rings. The number of benzene rings is 1. The predicted octanol–water partition coefficient (Wildman–Crippen LogP) is 4.94. The summed E-state index contributed by atoms with van der Waals surface area (Å²) in [5.74, 6) is 0.884. The van der Waals surface area contributed by atoms with E-state index in [4.69, 9.17) is 0 Å². The molecule has 140 valence electrons. The second-order valence-electron chi connectivity index (χ2n) is 9.83. The third-order valence-corrected chi connectivity index (χ3v) is 7.52. The molecule has 3 heteroatoms. The lowest BCUT2D eigenvalue weighted by atomic mass is 9.45. The number of rotatable bonds is 2. The van der Waals surface area contributed by atoms with Gasteiger partial charge in [0.05, 0.1) is 5.60 Å². The van der Waals surface area contributed by atoms with Gasteiger partial charge in [0.2, 0.25) is 0 Å². The van der Waals surface area contributed by atoms with E-state index < -0.39 is 5.60 Å². The van der Waals surface area contributed by atoms with E-state index in [-0.39, 0.29) is 28.2 Å². The Hall–Kier alpha value is -1.22. The summed E-state index contributed by atoms with van der Waals surface area (Å²) in [6.45, 7) is 10.9. The fourth-order valence-electron chi connectivity index (χ4n) is 6.27. The van der Waals surface area contributed by atoms with Crippen molar-refractivity contribution in [3.05, 3.63) is 23.3 Å². The van der Waals surface area contributed by atoms with E-state index >= 15 is 0 Å². The molecule has 3 nitrogen and oxygen atoms in total. The van der Waals surface area contributed by atoms with E-state index in [9.17, 15) is 15.3 Å². The Bertz CT molecular complexity index is 638. The average Bonchev–Trinajstić information content (AvgIpc) is 2.43. The van der Waals surface area contributed by atoms with Crippen molar-refractivity contribution in [3.63, 3.8) is 0 Å². The SMILES string of the molecule is Cc1cc(O)c(C[C@H]2[C@]3(C)CCCC(C)(C)[C@H]3CC[C@]2(C)O)c(O)c1. The maximum atomic E-state index is 11.2. The summed E-state index contributed by atoms with van der Waals surface area (Å²) in [4.78, 5) is 0. The van der Waals surface area contributed by atoms with Crippen LogP contribution in [0, 0.1) is 29.6 Å². The Morgan fingerprint density at radius 1 is 1.00 bits per heavy atom. The molecule has 0 aromatic heterocycles. The van der Waals surface area contributed by atoms with Gasteiger partial charge in [-0.15, -0.1) is 0 Å². The lowest BCUT2D eigenvalue weighted by Crippen LogP contribution is -2.58. The Morgan fingerprint density at radius 2 is 1.60 bits per heavy atom. The lowest BCUT2D eigenvalue weighted by molar-refractivity contribution is -0.166. The molecule has 3 rings (SSSR count). The highest BCUT2D eigenvalue weighted by Crippen LogP contribution is 2.62. The smallest absolute Gasteiger partial charge is 0.122 e. The summed E-state index contributed by atoms with van der Waals surface area (Å²) in [5, 5.41) is 32.1. The first-order chi connectivity index (χ1) is 11.5. The van der Waals surface area contributed by atoms with Gasteiger partial charge >= 0.3 is 0 Å². The summed E-state index contributed by atoms with van der Waals surface area (Å²) >= 11 is 0. The van der Waals surface area contributed by atoms with Crippen LogP contribution in [0.4, 0.5) is 0 Å². The third-order valence-electron chi connectivity index (χ3n) is 7.52. The summed E-state index contributed by atoms with van der Waals surface area (Å²) in [7, 11) is 0. The summed E-state index contributed by atoms with van der Waals surface area (Å²) in [5.41, 5.74) is 0.951. The minimum absolute atomic E-state index is 0.0211. The van der Waals surface area contributed by atoms with Gasteiger partial charge in [-0.1, -0.05) is 27.2 Å². The van der Waals surface area contributed by atoms with Crippen LogP contribution in [-0.2, 0) is 6.42 Å². The monoisotopic (exact) mass is 346 g/mol. The average molecular weight is 347 g/mol. The largest absolute Gasteiger partial charge is 0.508 e. The number of phenolic OH excluding ortho intramolecular Hbond substituents is 2. The van der Waals surface area contributed by atoms with E-state index in [1.54, 1.807) is 12.1 Å². The molecule has 0 saturated heterocycles. The van der Waals surface area contributed by atoms with Crippen LogP contribution < -0.4 is 0 Å². The van der Waals surface area contributed by atoms with Gasteiger partial charge in [0.15, 0.2) is 0 Å². The maximum Gasteiger partial charge on any atom is 0.122 e. The fourth-order valence-corrected chi connectivity index (χ4v) is 6.27. The standard InChI is InChI=1S/C22H34O3/c1-14-11-16(23)15(17(24)12-14)13-19-21(4)9-6-8-20(2,3)18(21)7-10-22(19,5)25/h11-12,18-19,23-25H,6-10,13H2,1-5H3/t18-,19+,21-,22+/m1/s1. The van der Waals surface area contributed by atoms with E-state index in [1.165, 1.54) is 12.8 Å². The molecule has 0 amide bonds. The topological polar surface area (TPSA) is 60.7 Å². The number of hydrogen-bond donors (Lipinski definition) is 3. The Kier molecular flexibility index (Phi) is 4.39. The minimum Gasteiger partial charge on any atom is -0.508 e. The molecule has 2 fully saturated rings. The molecule has 1 aromatic carbocycles. The van der Waals surface area contributed by atoms with Gasteiger partial charge in [0.1, 0.15) is 11.5 Å². The van der Waals surface area contributed by atoms with E-state index in [1.807, 2.05) is 13.8 Å². The van der Waals surface area contributed by atoms with Gasteiger partial charge < -0.3 is 15.3 Å². The third kappa shape index (κ3) is 3.05. The summed E-state index contributed by atoms with van der Waals surface area (Å²) in [6.07, 6.45) is 5.89. The first-order valence-electron chi connectivity index (χ1n) is 9.71. The van der Waals surface area contributed by atoms with E-state index in [2.05, 4.69) is 20.8 Å². The van der Waals surface area contributed by atoms with Gasteiger partial charge in [0, 0.05) is 5.56 Å². The van der Waals surface area contributed by atoms with Crippen molar-refractivity contribution in [2.75, 3.05) is 0 Å². The first-order valence-corrected chi connectivity index (χ1v) is 9.71. The van der Waals surface area contributed by atoms with Crippen LogP contribution in [0.5, 0.6) is 11.5 Å². The van der Waals surface area contributed by atoms with Crippen LogP contribution in [0.3, 0.4) is 0 Å². The van der Waals surface area contributed by atoms with Gasteiger partial charge in [-0.3, -0.25) is 0 Å². The second kappa shape index (κ2) is 5.90. The Labute approximate surface area is 152 Å². The summed E-state index contributed by atoms with van der Waals surface area (Å²) < 4.78 is 0. The highest BCUT2D eigenvalue weighted by atomic mass is 16.3. The zero-order valence-electron chi connectivity index (χ0n) is 16.4. The quantitative estimate of drug-likeness (QED) is 0.710. The maximum absolute atomic E-state index is 11.2. The molecule has 0 heterocycles. The Morgan fingerprint density at radius 3 is 2.20 bits per heavy atom. The van der Waals surface area contributed by atoms with Crippen molar-refractivity contribution in [1.82, 2.24) is 0 Å². The highest BCUT2D eigenvalue weighted by Gasteiger charge is 2.57. The van der Waals surface area contributed by atoms with Crippen LogP contribution >= 0.6 is 0 Å². The summed E-state index contributed by atoms with van der Waals surface area (Å²) in [6, 6.07) is 3.41. The van der Waals surface area contributed by atoms with Crippen LogP contribution in [-0.4, -0.2) is 20.9 Å². The molecule has 0 aliphatic heterocycles. The normalized spacial score (nSPS) is 37.5. The van der Waals surface area contributed by atoms with Crippen LogP contribution in [0.2, 0.25) is 0 Å². The zero-order chi connectivity index (χ0) is 18.6. The molecule has 25 heavy (non-hydrogen) atoms. The molecular weight excluding hydrogens is 312 g/mol. The van der Waals surface area contributed by atoms with Gasteiger partial charge in [-0.05, 0) is 86.3 Å². The predicted molar refractivity (Wildman–Crippen MR) is 101 cm³/mol.